The van der Waals surface area contributed by atoms with E-state index in [0.29, 0.717) is 5.69 Å². The lowest BCUT2D eigenvalue weighted by atomic mass is 9.85. The minimum Gasteiger partial charge on any atom is -0.444 e. The second-order valence-corrected chi connectivity index (χ2v) is 12.4. The molecule has 224 valence electrons. The summed E-state index contributed by atoms with van der Waals surface area (Å²) in [5, 5.41) is 6.51. The molecule has 3 rings (SSSR count). The van der Waals surface area contributed by atoms with Crippen molar-refractivity contribution in [2.75, 3.05) is 11.4 Å². The average Bonchev–Trinajstić information content (AvgIpc) is 3.33. The normalized spacial score (nSPS) is 17.5. The summed E-state index contributed by atoms with van der Waals surface area (Å²) in [6.45, 7) is 10.7. The highest BCUT2D eigenvalue weighted by Crippen LogP contribution is 2.30. The van der Waals surface area contributed by atoms with Gasteiger partial charge in [0.1, 0.15) is 17.7 Å². The van der Waals surface area contributed by atoms with E-state index in [-0.39, 0.29) is 25.1 Å². The van der Waals surface area contributed by atoms with Crippen molar-refractivity contribution in [1.29, 1.82) is 0 Å². The highest BCUT2D eigenvalue weighted by atomic mass is 16.6. The maximum absolute atomic E-state index is 14.3. The number of ether oxygens (including phenoxy) is 1. The van der Waals surface area contributed by atoms with Gasteiger partial charge in [0.15, 0.2) is 0 Å². The lowest BCUT2D eigenvalue weighted by Gasteiger charge is -2.37. The van der Waals surface area contributed by atoms with Gasteiger partial charge in [0.2, 0.25) is 17.7 Å². The Hall–Kier alpha value is -4.57. The second-order valence-electron chi connectivity index (χ2n) is 12.4. The fourth-order valence-corrected chi connectivity index (χ4v) is 4.74. The molecule has 1 saturated heterocycles. The molecular weight excluding hydrogens is 538 g/mol. The van der Waals surface area contributed by atoms with Crippen LogP contribution in [-0.2, 0) is 20.9 Å². The number of rotatable bonds is 8. The number of carbonyl (C=O) groups is 4. The standard InChI is InChI=1S/C30H39N7O5/c1-29(2,3)24(33-28(41)42-30(4,5)6)27(40)37-18-21(34-35-32)16-23(37)26(39)36(17-19-10-8-7-9-11-19)22-14-12-20(13-15-22)25(31)38/h7-15,21,23-24H,16-18H2,1-6H3,(H2,31,38)(H,33,41). The molecule has 2 aromatic carbocycles. The molecule has 12 nitrogen and oxygen atoms in total. The summed E-state index contributed by atoms with van der Waals surface area (Å²) in [7, 11) is 0. The van der Waals surface area contributed by atoms with E-state index in [1.807, 2.05) is 30.3 Å². The number of nitrogens with two attached hydrogens (primary N) is 1. The Kier molecular flexibility index (Phi) is 9.85. The first-order valence-electron chi connectivity index (χ1n) is 13.7. The Morgan fingerprint density at radius 2 is 1.69 bits per heavy atom. The van der Waals surface area contributed by atoms with Crippen LogP contribution in [0.1, 0.15) is 63.9 Å². The summed E-state index contributed by atoms with van der Waals surface area (Å²) in [4.78, 5) is 58.6. The molecule has 0 bridgehead atoms. The van der Waals surface area contributed by atoms with Gasteiger partial charge in [-0.2, -0.15) is 0 Å². The second kappa shape index (κ2) is 12.9. The van der Waals surface area contributed by atoms with E-state index >= 15 is 0 Å². The van der Waals surface area contributed by atoms with Crippen LogP contribution in [0.4, 0.5) is 10.5 Å². The van der Waals surface area contributed by atoms with E-state index in [1.165, 1.54) is 21.9 Å². The molecule has 1 aliphatic heterocycles. The first-order chi connectivity index (χ1) is 19.6. The smallest absolute Gasteiger partial charge is 0.408 e. The zero-order chi connectivity index (χ0) is 31.2. The first-order valence-corrected chi connectivity index (χ1v) is 13.7. The molecule has 0 aliphatic carbocycles. The van der Waals surface area contributed by atoms with Crippen LogP contribution in [0.3, 0.4) is 0 Å². The highest BCUT2D eigenvalue weighted by molar-refractivity contribution is 6.01. The summed E-state index contributed by atoms with van der Waals surface area (Å²) in [5.41, 5.74) is 14.6. The van der Waals surface area contributed by atoms with Gasteiger partial charge in [-0.3, -0.25) is 14.4 Å². The van der Waals surface area contributed by atoms with E-state index in [0.717, 1.165) is 5.56 Å². The zero-order valence-electron chi connectivity index (χ0n) is 24.9. The van der Waals surface area contributed by atoms with Gasteiger partial charge in [-0.25, -0.2) is 4.79 Å². The average molecular weight is 578 g/mol. The van der Waals surface area contributed by atoms with Crippen LogP contribution in [0.5, 0.6) is 0 Å². The fourth-order valence-electron chi connectivity index (χ4n) is 4.74. The molecule has 0 aromatic heterocycles. The van der Waals surface area contributed by atoms with E-state index < -0.39 is 53.0 Å². The number of amides is 4. The molecule has 1 fully saturated rings. The Morgan fingerprint density at radius 1 is 1.07 bits per heavy atom. The van der Waals surface area contributed by atoms with Gasteiger partial charge in [-0.15, -0.1) is 0 Å². The maximum atomic E-state index is 14.3. The minimum absolute atomic E-state index is 0.00166. The Morgan fingerprint density at radius 3 is 2.21 bits per heavy atom. The number of likely N-dealkylation sites (tertiary alicyclic amines) is 1. The fraction of sp³-hybridized carbons (Fsp3) is 0.467. The van der Waals surface area contributed by atoms with Gasteiger partial charge in [0, 0.05) is 22.7 Å². The number of hydrogen-bond donors (Lipinski definition) is 2. The van der Waals surface area contributed by atoms with Crippen LogP contribution in [0.2, 0.25) is 0 Å². The van der Waals surface area contributed by atoms with Crippen molar-refractivity contribution in [3.8, 4) is 0 Å². The number of anilines is 1. The van der Waals surface area contributed by atoms with Gasteiger partial charge in [0.25, 0.3) is 0 Å². The Bertz CT molecular complexity index is 1340. The third-order valence-corrected chi connectivity index (χ3v) is 6.75. The molecule has 0 radical (unpaired) electrons. The largest absolute Gasteiger partial charge is 0.444 e. The predicted molar refractivity (Wildman–Crippen MR) is 158 cm³/mol. The van der Waals surface area contributed by atoms with Crippen LogP contribution in [0.15, 0.2) is 59.7 Å². The molecule has 0 spiro atoms. The molecule has 12 heteroatoms. The SMILES string of the molecule is CC(C)(C)OC(=O)NC(C(=O)N1CC(N=[N+]=[N-])CC1C(=O)N(Cc1ccccc1)c1ccc(C(N)=O)cc1)C(C)(C)C. The number of primary amides is 1. The highest BCUT2D eigenvalue weighted by Gasteiger charge is 2.46. The van der Waals surface area contributed by atoms with Crippen molar-refractivity contribution < 1.29 is 23.9 Å². The molecule has 1 heterocycles. The molecule has 4 amide bonds. The number of azide groups is 1. The van der Waals surface area contributed by atoms with E-state index in [2.05, 4.69) is 15.3 Å². The molecule has 2 aromatic rings. The van der Waals surface area contributed by atoms with Gasteiger partial charge >= 0.3 is 6.09 Å². The summed E-state index contributed by atoms with van der Waals surface area (Å²) < 4.78 is 5.40. The summed E-state index contributed by atoms with van der Waals surface area (Å²) in [5.74, 6) is -1.50. The van der Waals surface area contributed by atoms with Crippen LogP contribution in [0, 0.1) is 5.41 Å². The van der Waals surface area contributed by atoms with Crippen LogP contribution < -0.4 is 16.0 Å². The molecule has 1 aliphatic rings. The van der Waals surface area contributed by atoms with Gasteiger partial charge in [-0.05, 0) is 68.0 Å². The van der Waals surface area contributed by atoms with Crippen molar-refractivity contribution in [1.82, 2.24) is 10.2 Å². The number of carbonyl (C=O) groups excluding carboxylic acids is 4. The summed E-state index contributed by atoms with van der Waals surface area (Å²) in [6, 6.07) is 13.0. The number of benzene rings is 2. The van der Waals surface area contributed by atoms with Crippen LogP contribution in [-0.4, -0.2) is 59.0 Å². The third-order valence-electron chi connectivity index (χ3n) is 6.75. The van der Waals surface area contributed by atoms with Crippen molar-refractivity contribution in [3.05, 3.63) is 76.2 Å². The quantitative estimate of drug-likeness (QED) is 0.266. The molecule has 3 unspecified atom stereocenters. The first kappa shape index (κ1) is 32.0. The monoisotopic (exact) mass is 577 g/mol. The lowest BCUT2D eigenvalue weighted by Crippen LogP contribution is -2.58. The van der Waals surface area contributed by atoms with Gasteiger partial charge in [-0.1, -0.05) is 56.2 Å². The number of nitrogens with zero attached hydrogens (tertiary/aromatic N) is 5. The third kappa shape index (κ3) is 8.23. The summed E-state index contributed by atoms with van der Waals surface area (Å²) in [6.07, 6.45) is -0.660. The van der Waals surface area contributed by atoms with Gasteiger partial charge < -0.3 is 25.6 Å². The number of hydrogen-bond acceptors (Lipinski definition) is 6. The van der Waals surface area contributed by atoms with E-state index in [4.69, 9.17) is 16.0 Å². The zero-order valence-corrected chi connectivity index (χ0v) is 24.9. The Labute approximate surface area is 245 Å². The van der Waals surface area contributed by atoms with Crippen LogP contribution in [0.25, 0.3) is 10.4 Å². The summed E-state index contributed by atoms with van der Waals surface area (Å²) >= 11 is 0. The minimum atomic E-state index is -1.04. The van der Waals surface area contributed by atoms with Crippen LogP contribution >= 0.6 is 0 Å². The van der Waals surface area contributed by atoms with E-state index in [9.17, 15) is 19.2 Å². The molecule has 3 atom stereocenters. The molecule has 0 saturated carbocycles. The van der Waals surface area contributed by atoms with Crippen molar-refractivity contribution in [3.63, 3.8) is 0 Å². The Balaban J connectivity index is 2.01. The predicted octanol–water partition coefficient (Wildman–Crippen LogP) is 4.54. The topological polar surface area (TPSA) is 171 Å². The van der Waals surface area contributed by atoms with Crippen molar-refractivity contribution in [2.45, 2.75) is 78.2 Å². The molecule has 3 N–H and O–H groups in total. The molecular formula is C30H39N7O5. The van der Waals surface area contributed by atoms with Gasteiger partial charge in [0.05, 0.1) is 12.6 Å². The van der Waals surface area contributed by atoms with Crippen molar-refractivity contribution in [2.24, 2.45) is 16.3 Å². The van der Waals surface area contributed by atoms with E-state index in [1.54, 1.807) is 53.7 Å². The lowest BCUT2D eigenvalue weighted by molar-refractivity contribution is -0.141. The molecule has 42 heavy (non-hydrogen) atoms. The number of nitrogens with one attached hydrogen (secondary N) is 1. The maximum Gasteiger partial charge on any atom is 0.408 e. The number of alkyl carbamates (subject to hydrolysis) is 1. The van der Waals surface area contributed by atoms with Crippen molar-refractivity contribution >= 4 is 29.5 Å².